The predicted molar refractivity (Wildman–Crippen MR) is 65.7 cm³/mol. The molecule has 0 amide bonds. The van der Waals surface area contributed by atoms with E-state index >= 15 is 0 Å². The quantitative estimate of drug-likeness (QED) is 0.777. The van der Waals surface area contributed by atoms with Crippen molar-refractivity contribution in [1.29, 1.82) is 5.26 Å². The first-order chi connectivity index (χ1) is 8.91. The lowest BCUT2D eigenvalue weighted by molar-refractivity contribution is -0.137. The minimum atomic E-state index is -4.32. The van der Waals surface area contributed by atoms with Gasteiger partial charge in [0.2, 0.25) is 0 Å². The summed E-state index contributed by atoms with van der Waals surface area (Å²) in [5, 5.41) is 8.79. The standard InChI is InChI=1S/C14H11F3N2/c1-19-9-10(8-18)2-7-13(19)11-3-5-12(6-4-11)14(15,16)17/h2-7H,9H2,1H3. The van der Waals surface area contributed by atoms with Crippen LogP contribution in [0.25, 0.3) is 5.70 Å². The van der Waals surface area contributed by atoms with Gasteiger partial charge in [-0.3, -0.25) is 0 Å². The minimum Gasteiger partial charge on any atom is -0.369 e. The van der Waals surface area contributed by atoms with Gasteiger partial charge in [0.05, 0.1) is 18.2 Å². The first kappa shape index (κ1) is 13.2. The summed E-state index contributed by atoms with van der Waals surface area (Å²) in [6.07, 6.45) is -0.892. The fourth-order valence-corrected chi connectivity index (χ4v) is 1.92. The Morgan fingerprint density at radius 3 is 2.26 bits per heavy atom. The lowest BCUT2D eigenvalue weighted by atomic mass is 10.0. The highest BCUT2D eigenvalue weighted by atomic mass is 19.4. The van der Waals surface area contributed by atoms with Gasteiger partial charge in [0, 0.05) is 18.3 Å². The second-order valence-electron chi connectivity index (χ2n) is 4.29. The summed E-state index contributed by atoms with van der Waals surface area (Å²) < 4.78 is 37.4. The van der Waals surface area contributed by atoms with Gasteiger partial charge < -0.3 is 4.90 Å². The van der Waals surface area contributed by atoms with E-state index in [0.717, 1.165) is 17.8 Å². The second-order valence-corrected chi connectivity index (χ2v) is 4.29. The van der Waals surface area contributed by atoms with Gasteiger partial charge in [-0.05, 0) is 29.8 Å². The maximum Gasteiger partial charge on any atom is 0.416 e. The molecule has 1 aliphatic heterocycles. The summed E-state index contributed by atoms with van der Waals surface area (Å²) in [6.45, 7) is 0.462. The van der Waals surface area contributed by atoms with E-state index in [1.165, 1.54) is 12.1 Å². The third kappa shape index (κ3) is 2.79. The van der Waals surface area contributed by atoms with Gasteiger partial charge in [0.1, 0.15) is 0 Å². The Morgan fingerprint density at radius 2 is 1.79 bits per heavy atom. The van der Waals surface area contributed by atoms with E-state index in [-0.39, 0.29) is 0 Å². The molecule has 1 aliphatic rings. The van der Waals surface area contributed by atoms with Crippen molar-refractivity contribution in [2.75, 3.05) is 13.6 Å². The molecule has 98 valence electrons. The van der Waals surface area contributed by atoms with Gasteiger partial charge in [0.15, 0.2) is 0 Å². The molecule has 0 radical (unpaired) electrons. The topological polar surface area (TPSA) is 27.0 Å². The van der Waals surface area contributed by atoms with Gasteiger partial charge in [-0.2, -0.15) is 18.4 Å². The van der Waals surface area contributed by atoms with E-state index in [2.05, 4.69) is 6.07 Å². The molecule has 1 aromatic carbocycles. The Bertz CT molecular complexity index is 574. The third-order valence-corrected chi connectivity index (χ3v) is 2.91. The highest BCUT2D eigenvalue weighted by molar-refractivity contribution is 5.68. The summed E-state index contributed by atoms with van der Waals surface area (Å²) in [7, 11) is 1.80. The van der Waals surface area contributed by atoms with Crippen molar-refractivity contribution in [2.45, 2.75) is 6.18 Å². The van der Waals surface area contributed by atoms with Crippen LogP contribution in [0.4, 0.5) is 13.2 Å². The van der Waals surface area contributed by atoms with Crippen LogP contribution >= 0.6 is 0 Å². The first-order valence-corrected chi connectivity index (χ1v) is 5.61. The number of nitriles is 1. The maximum absolute atomic E-state index is 12.5. The molecule has 1 aromatic rings. The zero-order valence-corrected chi connectivity index (χ0v) is 10.2. The molecule has 0 N–H and O–H groups in total. The Kier molecular flexibility index (Phi) is 3.34. The molecule has 0 aromatic heterocycles. The van der Waals surface area contributed by atoms with Crippen molar-refractivity contribution in [3.05, 3.63) is 53.1 Å². The van der Waals surface area contributed by atoms with E-state index in [4.69, 9.17) is 5.26 Å². The highest BCUT2D eigenvalue weighted by Crippen LogP contribution is 2.31. The van der Waals surface area contributed by atoms with Crippen LogP contribution in [0.15, 0.2) is 42.0 Å². The number of rotatable bonds is 1. The molecule has 5 heteroatoms. The SMILES string of the molecule is CN1CC(C#N)=CC=C1c1ccc(C(F)(F)F)cc1. The molecule has 0 fully saturated rings. The lowest BCUT2D eigenvalue weighted by Crippen LogP contribution is -2.21. The van der Waals surface area contributed by atoms with Crippen LogP contribution in [0.1, 0.15) is 11.1 Å². The van der Waals surface area contributed by atoms with Crippen molar-refractivity contribution >= 4 is 5.70 Å². The average Bonchev–Trinajstić information content (AvgIpc) is 2.37. The highest BCUT2D eigenvalue weighted by Gasteiger charge is 2.30. The van der Waals surface area contributed by atoms with Crippen LogP contribution in [0.2, 0.25) is 0 Å². The summed E-state index contributed by atoms with van der Waals surface area (Å²) >= 11 is 0. The van der Waals surface area contributed by atoms with E-state index < -0.39 is 11.7 Å². The first-order valence-electron chi connectivity index (χ1n) is 5.61. The molecule has 0 bridgehead atoms. The Labute approximate surface area is 109 Å². The third-order valence-electron chi connectivity index (χ3n) is 2.91. The largest absolute Gasteiger partial charge is 0.416 e. The summed E-state index contributed by atoms with van der Waals surface area (Å²) in [5.41, 5.74) is 1.46. The van der Waals surface area contributed by atoms with Crippen molar-refractivity contribution < 1.29 is 13.2 Å². The molecule has 1 heterocycles. The monoisotopic (exact) mass is 264 g/mol. The van der Waals surface area contributed by atoms with Gasteiger partial charge in [-0.15, -0.1) is 0 Å². The van der Waals surface area contributed by atoms with Gasteiger partial charge in [0.25, 0.3) is 0 Å². The number of nitrogens with zero attached hydrogens (tertiary/aromatic N) is 2. The molecule has 0 aliphatic carbocycles. The number of hydrogen-bond acceptors (Lipinski definition) is 2. The Hall–Kier alpha value is -2.22. The zero-order chi connectivity index (χ0) is 14.0. The predicted octanol–water partition coefficient (Wildman–Crippen LogP) is 3.44. The van der Waals surface area contributed by atoms with Crippen LogP contribution in [0, 0.1) is 11.3 Å². The van der Waals surface area contributed by atoms with E-state index in [0.29, 0.717) is 17.7 Å². The Balaban J connectivity index is 2.31. The molecule has 2 nitrogen and oxygen atoms in total. The van der Waals surface area contributed by atoms with Gasteiger partial charge in [-0.1, -0.05) is 12.1 Å². The van der Waals surface area contributed by atoms with Crippen LogP contribution in [-0.2, 0) is 6.18 Å². The number of allylic oxidation sites excluding steroid dienone is 2. The molecule has 0 saturated carbocycles. The molecule has 19 heavy (non-hydrogen) atoms. The van der Waals surface area contributed by atoms with Gasteiger partial charge >= 0.3 is 6.18 Å². The number of hydrogen-bond donors (Lipinski definition) is 0. The maximum atomic E-state index is 12.5. The van der Waals surface area contributed by atoms with Crippen LogP contribution in [0.3, 0.4) is 0 Å². The van der Waals surface area contributed by atoms with Crippen molar-refractivity contribution in [2.24, 2.45) is 0 Å². The average molecular weight is 264 g/mol. The zero-order valence-electron chi connectivity index (χ0n) is 10.2. The molecular weight excluding hydrogens is 253 g/mol. The van der Waals surface area contributed by atoms with E-state index in [1.807, 2.05) is 4.90 Å². The Morgan fingerprint density at radius 1 is 1.16 bits per heavy atom. The molecular formula is C14H11F3N2. The smallest absolute Gasteiger partial charge is 0.369 e. The van der Waals surface area contributed by atoms with Crippen LogP contribution in [0.5, 0.6) is 0 Å². The normalized spacial score (nSPS) is 15.6. The number of alkyl halides is 3. The lowest BCUT2D eigenvalue weighted by Gasteiger charge is -2.25. The van der Waals surface area contributed by atoms with Crippen LogP contribution in [-0.4, -0.2) is 18.5 Å². The van der Waals surface area contributed by atoms with Crippen molar-refractivity contribution in [3.63, 3.8) is 0 Å². The summed E-state index contributed by atoms with van der Waals surface area (Å²) in [5.74, 6) is 0. The summed E-state index contributed by atoms with van der Waals surface area (Å²) in [6, 6.07) is 7.07. The number of likely N-dealkylation sites (N-methyl/N-ethyl adjacent to an activating group) is 1. The second kappa shape index (κ2) is 4.81. The van der Waals surface area contributed by atoms with Crippen molar-refractivity contribution in [1.82, 2.24) is 4.90 Å². The fourth-order valence-electron chi connectivity index (χ4n) is 1.92. The molecule has 2 rings (SSSR count). The minimum absolute atomic E-state index is 0.462. The molecule has 0 unspecified atom stereocenters. The number of halogens is 3. The van der Waals surface area contributed by atoms with E-state index in [1.54, 1.807) is 19.2 Å². The van der Waals surface area contributed by atoms with E-state index in [9.17, 15) is 13.2 Å². The molecule has 0 spiro atoms. The van der Waals surface area contributed by atoms with Crippen LogP contribution < -0.4 is 0 Å². The van der Waals surface area contributed by atoms with Crippen molar-refractivity contribution in [3.8, 4) is 6.07 Å². The fraction of sp³-hybridized carbons (Fsp3) is 0.214. The molecule has 0 saturated heterocycles. The number of benzene rings is 1. The molecule has 0 atom stereocenters. The van der Waals surface area contributed by atoms with Gasteiger partial charge in [-0.25, -0.2) is 0 Å². The summed E-state index contributed by atoms with van der Waals surface area (Å²) in [4.78, 5) is 1.83.